The number of hydrogen-bond donors (Lipinski definition) is 2. The molecule has 3 aromatic carbocycles. The molecule has 5 rings (SSSR count). The number of halogens is 1. The molecule has 0 aromatic heterocycles. The number of β-amino-alcohol motifs (C(OH)–C–C–N with tert-alkyl or cyclic N) is 1. The maximum atomic E-state index is 11.7. The van der Waals surface area contributed by atoms with Crippen LogP contribution in [0.15, 0.2) is 60.7 Å². The van der Waals surface area contributed by atoms with E-state index < -0.39 is 12.1 Å². The third kappa shape index (κ3) is 6.58. The van der Waals surface area contributed by atoms with Gasteiger partial charge in [-0.2, -0.15) is 0 Å². The summed E-state index contributed by atoms with van der Waals surface area (Å²) in [6, 6.07) is 17.8. The van der Waals surface area contributed by atoms with Crippen molar-refractivity contribution in [2.24, 2.45) is 0 Å². The first-order valence-corrected chi connectivity index (χ1v) is 13.3. The molecule has 2 N–H and O–H groups in total. The molecule has 2 aliphatic rings. The van der Waals surface area contributed by atoms with Crippen LogP contribution in [0.1, 0.15) is 34.3 Å². The van der Waals surface area contributed by atoms with Crippen LogP contribution < -0.4 is 18.9 Å². The Labute approximate surface area is 232 Å². The molecule has 0 saturated carbocycles. The van der Waals surface area contributed by atoms with E-state index in [-0.39, 0.29) is 23.5 Å². The lowest BCUT2D eigenvalue weighted by Gasteiger charge is -2.39. The molecule has 2 aliphatic heterocycles. The largest absolute Gasteiger partial charge is 0.497 e. The molecular formula is C30H32ClNO7. The van der Waals surface area contributed by atoms with Gasteiger partial charge >= 0.3 is 5.97 Å². The molecule has 1 spiro atoms. The highest BCUT2D eigenvalue weighted by atomic mass is 35.5. The molecule has 0 amide bonds. The first-order chi connectivity index (χ1) is 18.8. The number of methoxy groups -OCH3 is 1. The zero-order chi connectivity index (χ0) is 27.4. The van der Waals surface area contributed by atoms with Crippen molar-refractivity contribution in [3.8, 4) is 23.0 Å². The van der Waals surface area contributed by atoms with Gasteiger partial charge in [0.25, 0.3) is 0 Å². The number of benzene rings is 3. The summed E-state index contributed by atoms with van der Waals surface area (Å²) >= 11 is 6.14. The van der Waals surface area contributed by atoms with Crippen molar-refractivity contribution in [3.05, 3.63) is 82.4 Å². The summed E-state index contributed by atoms with van der Waals surface area (Å²) in [5, 5.41) is 21.0. The van der Waals surface area contributed by atoms with Crippen molar-refractivity contribution in [1.29, 1.82) is 0 Å². The first-order valence-electron chi connectivity index (χ1n) is 13.0. The molecule has 1 fully saturated rings. The number of rotatable bonds is 10. The van der Waals surface area contributed by atoms with Gasteiger partial charge < -0.3 is 34.1 Å². The predicted molar refractivity (Wildman–Crippen MR) is 146 cm³/mol. The second-order valence-electron chi connectivity index (χ2n) is 10.1. The van der Waals surface area contributed by atoms with Crippen molar-refractivity contribution < 1.29 is 34.0 Å². The minimum atomic E-state index is -1.11. The minimum Gasteiger partial charge on any atom is -0.497 e. The Hall–Kier alpha value is -3.46. The quantitative estimate of drug-likeness (QED) is 0.368. The van der Waals surface area contributed by atoms with Gasteiger partial charge in [0.1, 0.15) is 53.5 Å². The molecule has 2 heterocycles. The number of aliphatic hydroxyl groups is 1. The summed E-state index contributed by atoms with van der Waals surface area (Å²) in [6.07, 6.45) is 1.76. The highest BCUT2D eigenvalue weighted by molar-refractivity contribution is 6.30. The Balaban J connectivity index is 1.12. The van der Waals surface area contributed by atoms with Gasteiger partial charge in [-0.25, -0.2) is 4.79 Å². The molecule has 0 radical (unpaired) electrons. The summed E-state index contributed by atoms with van der Waals surface area (Å²) < 4.78 is 23.1. The summed E-state index contributed by atoms with van der Waals surface area (Å²) in [6.45, 7) is 2.26. The number of hydrogen-bond acceptors (Lipinski definition) is 7. The Kier molecular flexibility index (Phi) is 8.16. The van der Waals surface area contributed by atoms with Gasteiger partial charge in [0, 0.05) is 50.0 Å². The van der Waals surface area contributed by atoms with Crippen molar-refractivity contribution in [1.82, 2.24) is 4.90 Å². The van der Waals surface area contributed by atoms with Crippen LogP contribution in [0.25, 0.3) is 0 Å². The van der Waals surface area contributed by atoms with E-state index in [9.17, 15) is 15.0 Å². The van der Waals surface area contributed by atoms with E-state index in [0.29, 0.717) is 18.9 Å². The molecule has 0 bridgehead atoms. The van der Waals surface area contributed by atoms with Gasteiger partial charge in [0.2, 0.25) is 0 Å². The van der Waals surface area contributed by atoms with Gasteiger partial charge in [-0.3, -0.25) is 0 Å². The fraction of sp³-hybridized carbons (Fsp3) is 0.367. The smallest absolute Gasteiger partial charge is 0.339 e. The third-order valence-electron chi connectivity index (χ3n) is 7.28. The first kappa shape index (κ1) is 27.1. The summed E-state index contributed by atoms with van der Waals surface area (Å²) in [7, 11) is 1.61. The lowest BCUT2D eigenvalue weighted by Crippen LogP contribution is -2.49. The molecule has 3 aromatic rings. The molecule has 1 atom stereocenters. The molecule has 8 nitrogen and oxygen atoms in total. The molecule has 9 heteroatoms. The Morgan fingerprint density at radius 1 is 1.05 bits per heavy atom. The average molecular weight is 554 g/mol. The minimum absolute atomic E-state index is 0.0111. The molecule has 1 saturated heterocycles. The Morgan fingerprint density at radius 3 is 2.51 bits per heavy atom. The van der Waals surface area contributed by atoms with E-state index in [4.69, 9.17) is 30.5 Å². The van der Waals surface area contributed by atoms with Crippen molar-refractivity contribution in [2.45, 2.75) is 37.6 Å². The number of aliphatic hydroxyl groups excluding tert-OH is 1. The standard InChI is InChI=1S/C30H32ClNO7/c1-36-24-5-2-20(3-6-24)18-37-25-7-8-26(29(34)35)28(15-25)38-19-23(33)17-32-12-10-30(11-13-32)16-21-14-22(31)4-9-27(21)39-30/h2-9,14-15,23,33H,10-13,16-19H2,1H3,(H,34,35)/t23-/m1/s1. The average Bonchev–Trinajstić information content (AvgIpc) is 3.29. The predicted octanol–water partition coefficient (Wildman–Crippen LogP) is 4.84. The Morgan fingerprint density at radius 2 is 1.79 bits per heavy atom. The number of carbonyl (C=O) groups is 1. The van der Waals surface area contributed by atoms with Crippen molar-refractivity contribution in [3.63, 3.8) is 0 Å². The maximum absolute atomic E-state index is 11.7. The second kappa shape index (κ2) is 11.7. The van der Waals surface area contributed by atoms with Crippen LogP contribution in [-0.2, 0) is 13.0 Å². The van der Waals surface area contributed by atoms with Gasteiger partial charge in [0.15, 0.2) is 0 Å². The highest BCUT2D eigenvalue weighted by Gasteiger charge is 2.42. The number of aromatic carboxylic acids is 1. The second-order valence-corrected chi connectivity index (χ2v) is 10.5. The number of likely N-dealkylation sites (tertiary alicyclic amines) is 1. The van der Waals surface area contributed by atoms with Gasteiger partial charge in [-0.05, 0) is 53.6 Å². The van der Waals surface area contributed by atoms with Crippen LogP contribution in [0.4, 0.5) is 0 Å². The van der Waals surface area contributed by atoms with Crippen LogP contribution >= 0.6 is 11.6 Å². The maximum Gasteiger partial charge on any atom is 0.339 e. The summed E-state index contributed by atoms with van der Waals surface area (Å²) in [4.78, 5) is 13.9. The summed E-state index contributed by atoms with van der Waals surface area (Å²) in [5.74, 6) is 1.18. The Bertz CT molecular complexity index is 1310. The number of carboxylic acid groups (broad SMARTS) is 1. The summed E-state index contributed by atoms with van der Waals surface area (Å²) in [5.41, 5.74) is 1.88. The fourth-order valence-corrected chi connectivity index (χ4v) is 5.33. The number of ether oxygens (including phenoxy) is 4. The number of piperidine rings is 1. The molecule has 206 valence electrons. The monoisotopic (exact) mass is 553 g/mol. The lowest BCUT2D eigenvalue weighted by atomic mass is 9.87. The van der Waals surface area contributed by atoms with Crippen LogP contribution in [0.2, 0.25) is 5.02 Å². The van der Waals surface area contributed by atoms with E-state index in [1.165, 1.54) is 6.07 Å². The molecule has 0 aliphatic carbocycles. The van der Waals surface area contributed by atoms with E-state index in [0.717, 1.165) is 60.0 Å². The topological polar surface area (TPSA) is 97.7 Å². The van der Waals surface area contributed by atoms with Gasteiger partial charge in [-0.1, -0.05) is 23.7 Å². The van der Waals surface area contributed by atoms with E-state index in [1.807, 2.05) is 42.5 Å². The normalized spacial score (nSPS) is 16.8. The molecular weight excluding hydrogens is 522 g/mol. The van der Waals surface area contributed by atoms with Crippen molar-refractivity contribution >= 4 is 17.6 Å². The molecule has 0 unspecified atom stereocenters. The van der Waals surface area contributed by atoms with Crippen LogP contribution in [0.3, 0.4) is 0 Å². The van der Waals surface area contributed by atoms with E-state index in [1.54, 1.807) is 19.2 Å². The number of carboxylic acids is 1. The molecule has 39 heavy (non-hydrogen) atoms. The van der Waals surface area contributed by atoms with E-state index in [2.05, 4.69) is 4.90 Å². The number of nitrogens with zero attached hydrogens (tertiary/aromatic N) is 1. The van der Waals surface area contributed by atoms with Crippen LogP contribution in [0, 0.1) is 0 Å². The van der Waals surface area contributed by atoms with Gasteiger partial charge in [-0.15, -0.1) is 0 Å². The lowest BCUT2D eigenvalue weighted by molar-refractivity contribution is -0.00204. The fourth-order valence-electron chi connectivity index (χ4n) is 5.14. The van der Waals surface area contributed by atoms with Gasteiger partial charge in [0.05, 0.1) is 7.11 Å². The zero-order valence-corrected chi connectivity index (χ0v) is 22.5. The van der Waals surface area contributed by atoms with E-state index >= 15 is 0 Å². The SMILES string of the molecule is COc1ccc(COc2ccc(C(=O)O)c(OC[C@H](O)CN3CCC4(CC3)Cc3cc(Cl)ccc3O4)c2)cc1. The van der Waals surface area contributed by atoms with Crippen LogP contribution in [0.5, 0.6) is 23.0 Å². The zero-order valence-electron chi connectivity index (χ0n) is 21.8. The third-order valence-corrected chi connectivity index (χ3v) is 7.51. The van der Waals surface area contributed by atoms with Crippen molar-refractivity contribution in [2.75, 3.05) is 33.4 Å². The van der Waals surface area contributed by atoms with Crippen LogP contribution in [-0.4, -0.2) is 66.1 Å². The number of fused-ring (bicyclic) bond motifs is 1. The highest BCUT2D eigenvalue weighted by Crippen LogP contribution is 2.42.